The Morgan fingerprint density at radius 3 is 2.31 bits per heavy atom. The van der Waals surface area contributed by atoms with Crippen LogP contribution in [0.2, 0.25) is 0 Å². The number of ether oxygens (including phenoxy) is 3. The van der Waals surface area contributed by atoms with E-state index in [0.29, 0.717) is 36.8 Å². The average Bonchev–Trinajstić information content (AvgIpc) is 3.56. The number of nitrogen functional groups attached to an aromatic ring is 1. The highest BCUT2D eigenvalue weighted by molar-refractivity contribution is 5.93. The predicted octanol–water partition coefficient (Wildman–Crippen LogP) is 6.01. The van der Waals surface area contributed by atoms with Crippen molar-refractivity contribution in [3.8, 4) is 0 Å². The fraction of sp³-hybridized carbons (Fsp3) is 0.487. The molecule has 0 radical (unpaired) electrons. The van der Waals surface area contributed by atoms with Gasteiger partial charge in [0, 0.05) is 51.1 Å². The van der Waals surface area contributed by atoms with Gasteiger partial charge in [-0.05, 0) is 61.1 Å². The van der Waals surface area contributed by atoms with Gasteiger partial charge in [-0.25, -0.2) is 0 Å². The number of benzene rings is 3. The zero-order valence-corrected chi connectivity index (χ0v) is 28.7. The van der Waals surface area contributed by atoms with E-state index in [1.54, 1.807) is 19.2 Å². The summed E-state index contributed by atoms with van der Waals surface area (Å²) in [5, 5.41) is 15.4. The highest BCUT2D eigenvalue weighted by atomic mass is 16.7. The van der Waals surface area contributed by atoms with Gasteiger partial charge >= 0.3 is 0 Å². The molecule has 0 spiro atoms. The standard InChI is InChI=1S/C39H52N4O6/c1-47-27-32-9-8-22-43(32)25-33-23-36(30-18-16-29(26-44)17-19-30)49-39(48-33)31-20-14-28(15-21-31)24-41-37(45)12-4-2-3-5-13-38(46)42-35-11-7-6-10-34(35)40/h6-7,10-11,14-21,32-33,36,39,44H,2-5,8-9,12-13,22-27,40H2,1H3,(H,41,45)(H,42,46)/t32-,33+,36-,39-/m0/s1. The van der Waals surface area contributed by atoms with Crippen molar-refractivity contribution >= 4 is 23.2 Å². The summed E-state index contributed by atoms with van der Waals surface area (Å²) in [7, 11) is 1.76. The van der Waals surface area contributed by atoms with Crippen LogP contribution in [0.1, 0.15) is 92.4 Å². The lowest BCUT2D eigenvalue weighted by Gasteiger charge is -2.38. The molecule has 10 nitrogen and oxygen atoms in total. The van der Waals surface area contributed by atoms with E-state index in [1.165, 1.54) is 0 Å². The Hall–Kier alpha value is -3.80. The number of carbonyl (C=O) groups excluding carboxylic acids is 2. The number of unbranched alkanes of at least 4 members (excludes halogenated alkanes) is 3. The van der Waals surface area contributed by atoms with E-state index in [9.17, 15) is 14.7 Å². The summed E-state index contributed by atoms with van der Waals surface area (Å²) in [5.41, 5.74) is 11.0. The van der Waals surface area contributed by atoms with E-state index in [-0.39, 0.29) is 30.6 Å². The molecule has 0 aromatic heterocycles. The second kappa shape index (κ2) is 18.8. The van der Waals surface area contributed by atoms with Crippen molar-refractivity contribution < 1.29 is 28.9 Å². The first-order chi connectivity index (χ1) is 23.9. The summed E-state index contributed by atoms with van der Waals surface area (Å²) >= 11 is 0. The molecule has 0 aliphatic carbocycles. The number of hydrogen-bond donors (Lipinski definition) is 4. The highest BCUT2D eigenvalue weighted by Crippen LogP contribution is 2.38. The van der Waals surface area contributed by atoms with E-state index < -0.39 is 6.29 Å². The Bertz CT molecular complexity index is 1470. The number of hydrogen-bond acceptors (Lipinski definition) is 8. The van der Waals surface area contributed by atoms with Crippen LogP contribution in [0.4, 0.5) is 11.4 Å². The Labute approximate surface area is 290 Å². The van der Waals surface area contributed by atoms with Gasteiger partial charge in [0.25, 0.3) is 0 Å². The third-order valence-electron chi connectivity index (χ3n) is 9.45. The number of amides is 2. The van der Waals surface area contributed by atoms with Crippen LogP contribution in [0.25, 0.3) is 0 Å². The van der Waals surface area contributed by atoms with Crippen LogP contribution >= 0.6 is 0 Å². The first-order valence-corrected chi connectivity index (χ1v) is 17.6. The summed E-state index contributed by atoms with van der Waals surface area (Å²) in [6, 6.07) is 23.7. The average molecular weight is 673 g/mol. The van der Waals surface area contributed by atoms with Crippen molar-refractivity contribution in [2.45, 2.75) is 95.5 Å². The monoisotopic (exact) mass is 672 g/mol. The van der Waals surface area contributed by atoms with Gasteiger partial charge in [-0.2, -0.15) is 0 Å². The molecule has 2 fully saturated rings. The number of anilines is 2. The van der Waals surface area contributed by atoms with Gasteiger partial charge in [0.15, 0.2) is 6.29 Å². The molecular weight excluding hydrogens is 620 g/mol. The maximum Gasteiger partial charge on any atom is 0.224 e. The van der Waals surface area contributed by atoms with E-state index in [4.69, 9.17) is 19.9 Å². The van der Waals surface area contributed by atoms with Crippen LogP contribution in [-0.4, -0.2) is 60.8 Å². The predicted molar refractivity (Wildman–Crippen MR) is 190 cm³/mol. The molecule has 3 aromatic rings. The number of nitrogens with two attached hydrogens (primary N) is 1. The largest absolute Gasteiger partial charge is 0.397 e. The molecule has 0 saturated carbocycles. The molecule has 4 atom stereocenters. The van der Waals surface area contributed by atoms with Crippen LogP contribution in [-0.2, 0) is 37.0 Å². The van der Waals surface area contributed by atoms with E-state index in [0.717, 1.165) is 86.9 Å². The van der Waals surface area contributed by atoms with Crippen molar-refractivity contribution in [3.05, 3.63) is 95.1 Å². The maximum absolute atomic E-state index is 12.5. The van der Waals surface area contributed by atoms with Crippen molar-refractivity contribution in [2.24, 2.45) is 0 Å². The smallest absolute Gasteiger partial charge is 0.224 e. The van der Waals surface area contributed by atoms with Crippen molar-refractivity contribution in [3.63, 3.8) is 0 Å². The van der Waals surface area contributed by atoms with Crippen LogP contribution in [0, 0.1) is 0 Å². The molecule has 49 heavy (non-hydrogen) atoms. The summed E-state index contributed by atoms with van der Waals surface area (Å²) < 4.78 is 18.6. The number of nitrogens with one attached hydrogen (secondary N) is 2. The number of likely N-dealkylation sites (tertiary alicyclic amines) is 1. The third kappa shape index (κ3) is 11.1. The Morgan fingerprint density at radius 1 is 0.898 bits per heavy atom. The second-order valence-corrected chi connectivity index (χ2v) is 13.2. The zero-order chi connectivity index (χ0) is 34.4. The summed E-state index contributed by atoms with van der Waals surface area (Å²) in [4.78, 5) is 27.2. The molecule has 2 aliphatic heterocycles. The molecule has 5 N–H and O–H groups in total. The van der Waals surface area contributed by atoms with Crippen LogP contribution < -0.4 is 16.4 Å². The SMILES string of the molecule is COC[C@@H]1CCCN1C[C@H]1C[C@@H](c2ccc(CO)cc2)O[C@@H](c2ccc(CNC(=O)CCCCCCC(=O)Nc3ccccc3N)cc2)O1. The van der Waals surface area contributed by atoms with Gasteiger partial charge in [-0.3, -0.25) is 14.5 Å². The second-order valence-electron chi connectivity index (χ2n) is 13.2. The minimum atomic E-state index is -0.518. The number of para-hydroxylation sites is 2. The molecule has 2 aliphatic rings. The van der Waals surface area contributed by atoms with E-state index >= 15 is 0 Å². The lowest BCUT2D eigenvalue weighted by Crippen LogP contribution is -2.42. The summed E-state index contributed by atoms with van der Waals surface area (Å²) in [5.74, 6) is -0.0264. The van der Waals surface area contributed by atoms with Crippen LogP contribution in [0.3, 0.4) is 0 Å². The topological polar surface area (TPSA) is 135 Å². The molecule has 5 rings (SSSR count). The van der Waals surface area contributed by atoms with E-state index in [1.807, 2.05) is 60.7 Å². The lowest BCUT2D eigenvalue weighted by atomic mass is 9.99. The fourth-order valence-corrected chi connectivity index (χ4v) is 6.64. The number of nitrogens with zero attached hydrogens (tertiary/aromatic N) is 1. The molecule has 0 bridgehead atoms. The van der Waals surface area contributed by atoms with Crippen LogP contribution in [0.5, 0.6) is 0 Å². The van der Waals surface area contributed by atoms with Gasteiger partial charge in [-0.1, -0.05) is 73.5 Å². The molecule has 0 unspecified atom stereocenters. The molecule has 264 valence electrons. The number of carbonyl (C=O) groups is 2. The fourth-order valence-electron chi connectivity index (χ4n) is 6.64. The van der Waals surface area contributed by atoms with Crippen LogP contribution in [0.15, 0.2) is 72.8 Å². The Kier molecular flexibility index (Phi) is 14.0. The Balaban J connectivity index is 1.06. The van der Waals surface area contributed by atoms with Crippen molar-refractivity contribution in [1.29, 1.82) is 0 Å². The normalized spacial score (nSPS) is 21.0. The molecule has 3 aromatic carbocycles. The summed E-state index contributed by atoms with van der Waals surface area (Å²) in [6.45, 7) is 3.05. The van der Waals surface area contributed by atoms with Gasteiger partial charge < -0.3 is 35.7 Å². The molecule has 2 amide bonds. The van der Waals surface area contributed by atoms with Gasteiger partial charge in [0.1, 0.15) is 0 Å². The van der Waals surface area contributed by atoms with Crippen molar-refractivity contribution in [2.75, 3.05) is 37.9 Å². The first-order valence-electron chi connectivity index (χ1n) is 17.6. The number of rotatable bonds is 17. The highest BCUT2D eigenvalue weighted by Gasteiger charge is 2.35. The lowest BCUT2D eigenvalue weighted by molar-refractivity contribution is -0.253. The molecule has 2 heterocycles. The molecular formula is C39H52N4O6. The number of aliphatic hydroxyl groups is 1. The van der Waals surface area contributed by atoms with Gasteiger partial charge in [0.05, 0.1) is 36.8 Å². The van der Waals surface area contributed by atoms with Gasteiger partial charge in [0.2, 0.25) is 11.8 Å². The first kappa shape index (κ1) is 36.5. The molecule has 10 heteroatoms. The summed E-state index contributed by atoms with van der Waals surface area (Å²) in [6.07, 6.45) is 6.60. The Morgan fingerprint density at radius 2 is 1.59 bits per heavy atom. The zero-order valence-electron chi connectivity index (χ0n) is 28.7. The quantitative estimate of drug-likeness (QED) is 0.101. The number of methoxy groups -OCH3 is 1. The van der Waals surface area contributed by atoms with Gasteiger partial charge in [-0.15, -0.1) is 0 Å². The number of aliphatic hydroxyl groups excluding tert-OH is 1. The third-order valence-corrected chi connectivity index (χ3v) is 9.45. The van der Waals surface area contributed by atoms with E-state index in [2.05, 4.69) is 15.5 Å². The maximum atomic E-state index is 12.5. The minimum Gasteiger partial charge on any atom is -0.397 e. The van der Waals surface area contributed by atoms with Crippen molar-refractivity contribution in [1.82, 2.24) is 10.2 Å². The molecule has 2 saturated heterocycles. The minimum absolute atomic E-state index is 0.0106.